The number of carbonyl (C=O) groups excluding carboxylic acids is 1. The molecule has 1 amide bonds. The Labute approximate surface area is 116 Å². The average Bonchev–Trinajstić information content (AvgIpc) is 2.18. The van der Waals surface area contributed by atoms with Crippen molar-refractivity contribution in [3.63, 3.8) is 0 Å². The molecule has 0 aromatic heterocycles. The first-order valence-electron chi connectivity index (χ1n) is 7.35. The van der Waals surface area contributed by atoms with E-state index in [4.69, 9.17) is 0 Å². The van der Waals surface area contributed by atoms with Crippen molar-refractivity contribution in [3.8, 4) is 0 Å². The number of amides is 1. The molecule has 0 saturated heterocycles. The summed E-state index contributed by atoms with van der Waals surface area (Å²) in [5.74, 6) is 0.353. The second-order valence-corrected chi connectivity index (χ2v) is 9.39. The Bertz CT molecular complexity index is 250. The predicted molar refractivity (Wildman–Crippen MR) is 83.9 cm³/mol. The SMILES string of the molecule is C[SiH2]CCCNC(=O)C(CC(C)(C)C)C(C)(C)C. The first-order valence-corrected chi connectivity index (χ1v) is 9.77. The van der Waals surface area contributed by atoms with Gasteiger partial charge in [0.05, 0.1) is 0 Å². The van der Waals surface area contributed by atoms with Crippen LogP contribution >= 0.6 is 0 Å². The van der Waals surface area contributed by atoms with Crippen LogP contribution in [0.3, 0.4) is 0 Å². The van der Waals surface area contributed by atoms with E-state index in [-0.39, 0.29) is 32.2 Å². The molecule has 1 N–H and O–H groups in total. The van der Waals surface area contributed by atoms with Gasteiger partial charge in [-0.25, -0.2) is 0 Å². The van der Waals surface area contributed by atoms with E-state index < -0.39 is 0 Å². The molecular formula is C15H33NOSi. The maximum Gasteiger partial charge on any atom is 0.223 e. The van der Waals surface area contributed by atoms with E-state index in [9.17, 15) is 4.79 Å². The molecule has 3 heteroatoms. The zero-order chi connectivity index (χ0) is 14.4. The lowest BCUT2D eigenvalue weighted by molar-refractivity contribution is -0.129. The molecule has 0 rings (SSSR count). The van der Waals surface area contributed by atoms with Gasteiger partial charge >= 0.3 is 0 Å². The topological polar surface area (TPSA) is 29.1 Å². The summed E-state index contributed by atoms with van der Waals surface area (Å²) >= 11 is 0. The van der Waals surface area contributed by atoms with Crippen molar-refractivity contribution in [3.05, 3.63) is 0 Å². The minimum Gasteiger partial charge on any atom is -0.356 e. The highest BCUT2D eigenvalue weighted by atomic mass is 28.2. The second kappa shape index (κ2) is 7.32. The number of nitrogens with one attached hydrogen (secondary N) is 1. The molecule has 0 bridgehead atoms. The summed E-state index contributed by atoms with van der Waals surface area (Å²) in [7, 11) is 0.143. The lowest BCUT2D eigenvalue weighted by Crippen LogP contribution is -2.40. The molecule has 0 aliphatic carbocycles. The molecule has 1 atom stereocenters. The van der Waals surface area contributed by atoms with Crippen LogP contribution in [0.15, 0.2) is 0 Å². The summed E-state index contributed by atoms with van der Waals surface area (Å²) in [6, 6.07) is 1.33. The standard InChI is InChI=1S/C15H33NOSi/c1-14(2,3)11-12(15(4,5)6)13(17)16-9-8-10-18-7/h12H,8-11,18H2,1-7H3,(H,16,17). The lowest BCUT2D eigenvalue weighted by Gasteiger charge is -2.34. The van der Waals surface area contributed by atoms with Crippen LogP contribution in [0.1, 0.15) is 54.4 Å². The molecule has 0 saturated carbocycles. The van der Waals surface area contributed by atoms with Crippen molar-refractivity contribution in [2.75, 3.05) is 6.54 Å². The first-order chi connectivity index (χ1) is 8.08. The van der Waals surface area contributed by atoms with Crippen molar-refractivity contribution < 1.29 is 4.79 Å². The Hall–Kier alpha value is -0.313. The smallest absolute Gasteiger partial charge is 0.223 e. The summed E-state index contributed by atoms with van der Waals surface area (Å²) in [5, 5.41) is 3.13. The van der Waals surface area contributed by atoms with Crippen molar-refractivity contribution in [1.29, 1.82) is 0 Å². The van der Waals surface area contributed by atoms with E-state index >= 15 is 0 Å². The van der Waals surface area contributed by atoms with Gasteiger partial charge in [-0.15, -0.1) is 0 Å². The maximum atomic E-state index is 12.3. The number of hydrogen-bond donors (Lipinski definition) is 1. The summed E-state index contributed by atoms with van der Waals surface area (Å²) in [6.07, 6.45) is 2.10. The van der Waals surface area contributed by atoms with Gasteiger partial charge in [-0.3, -0.25) is 4.79 Å². The van der Waals surface area contributed by atoms with Crippen molar-refractivity contribution in [1.82, 2.24) is 5.32 Å². The number of rotatable bonds is 6. The molecule has 108 valence electrons. The van der Waals surface area contributed by atoms with E-state index in [1.54, 1.807) is 0 Å². The number of hydrogen-bond acceptors (Lipinski definition) is 1. The largest absolute Gasteiger partial charge is 0.356 e. The molecule has 0 aliphatic heterocycles. The Morgan fingerprint density at radius 3 is 2.11 bits per heavy atom. The van der Waals surface area contributed by atoms with Gasteiger partial charge in [-0.05, 0) is 23.7 Å². The Morgan fingerprint density at radius 1 is 1.17 bits per heavy atom. The lowest BCUT2D eigenvalue weighted by atomic mass is 9.71. The van der Waals surface area contributed by atoms with E-state index in [1.165, 1.54) is 6.04 Å². The summed E-state index contributed by atoms with van der Waals surface area (Å²) in [6.45, 7) is 16.3. The highest BCUT2D eigenvalue weighted by Crippen LogP contribution is 2.36. The molecule has 1 unspecified atom stereocenters. The molecule has 0 radical (unpaired) electrons. The fraction of sp³-hybridized carbons (Fsp3) is 0.933. The van der Waals surface area contributed by atoms with Gasteiger partial charge < -0.3 is 5.32 Å². The van der Waals surface area contributed by atoms with Gasteiger partial charge in [0, 0.05) is 22.0 Å². The van der Waals surface area contributed by atoms with Crippen molar-refractivity contribution in [2.45, 2.75) is 67.0 Å². The fourth-order valence-corrected chi connectivity index (χ4v) is 2.86. The normalized spacial score (nSPS) is 15.1. The van der Waals surface area contributed by atoms with E-state index in [0.29, 0.717) is 0 Å². The van der Waals surface area contributed by atoms with Crippen LogP contribution in [-0.4, -0.2) is 22.0 Å². The molecule has 0 heterocycles. The van der Waals surface area contributed by atoms with Crippen molar-refractivity contribution >= 4 is 15.4 Å². The van der Waals surface area contributed by atoms with Gasteiger partial charge in [0.1, 0.15) is 0 Å². The number of carbonyl (C=O) groups is 1. The third-order valence-corrected chi connectivity index (χ3v) is 4.47. The first kappa shape index (κ1) is 17.7. The molecule has 18 heavy (non-hydrogen) atoms. The van der Waals surface area contributed by atoms with Crippen LogP contribution in [-0.2, 0) is 4.79 Å². The van der Waals surface area contributed by atoms with E-state index in [0.717, 1.165) is 19.4 Å². The van der Waals surface area contributed by atoms with Crippen LogP contribution in [0, 0.1) is 16.7 Å². The second-order valence-electron chi connectivity index (χ2n) is 7.68. The summed E-state index contributed by atoms with van der Waals surface area (Å²) in [5.41, 5.74) is 0.239. The average molecular weight is 272 g/mol. The van der Waals surface area contributed by atoms with E-state index in [1.807, 2.05) is 0 Å². The van der Waals surface area contributed by atoms with Crippen molar-refractivity contribution in [2.24, 2.45) is 16.7 Å². The Kier molecular flexibility index (Phi) is 7.19. The Balaban J connectivity index is 4.43. The maximum absolute atomic E-state index is 12.3. The minimum absolute atomic E-state index is 0.0386. The molecule has 0 aromatic carbocycles. The molecular weight excluding hydrogens is 238 g/mol. The third kappa shape index (κ3) is 7.91. The predicted octanol–water partition coefficient (Wildman–Crippen LogP) is 3.23. The highest BCUT2D eigenvalue weighted by Gasteiger charge is 2.34. The zero-order valence-corrected chi connectivity index (χ0v) is 14.9. The van der Waals surface area contributed by atoms with E-state index in [2.05, 4.69) is 53.4 Å². The molecule has 0 aromatic rings. The summed E-state index contributed by atoms with van der Waals surface area (Å²) in [4.78, 5) is 12.3. The zero-order valence-electron chi connectivity index (χ0n) is 13.5. The Morgan fingerprint density at radius 2 is 1.72 bits per heavy atom. The fourth-order valence-electron chi connectivity index (χ4n) is 2.11. The van der Waals surface area contributed by atoms with Gasteiger partial charge in [-0.1, -0.05) is 54.1 Å². The van der Waals surface area contributed by atoms with Gasteiger partial charge in [0.2, 0.25) is 5.91 Å². The van der Waals surface area contributed by atoms with Crippen LogP contribution in [0.2, 0.25) is 12.6 Å². The van der Waals surface area contributed by atoms with Gasteiger partial charge in [0.25, 0.3) is 0 Å². The van der Waals surface area contributed by atoms with Crippen LogP contribution in [0.5, 0.6) is 0 Å². The highest BCUT2D eigenvalue weighted by molar-refractivity contribution is 6.33. The molecule has 0 spiro atoms. The molecule has 0 fully saturated rings. The van der Waals surface area contributed by atoms with Gasteiger partial charge in [0.15, 0.2) is 0 Å². The van der Waals surface area contributed by atoms with Gasteiger partial charge in [-0.2, -0.15) is 0 Å². The molecule has 0 aliphatic rings. The summed E-state index contributed by atoms with van der Waals surface area (Å²) < 4.78 is 0. The van der Waals surface area contributed by atoms with Crippen LogP contribution in [0.25, 0.3) is 0 Å². The van der Waals surface area contributed by atoms with Crippen LogP contribution < -0.4 is 5.32 Å². The quantitative estimate of drug-likeness (QED) is 0.583. The van der Waals surface area contributed by atoms with Crippen LogP contribution in [0.4, 0.5) is 0 Å². The monoisotopic (exact) mass is 271 g/mol. The minimum atomic E-state index is 0.0386. The third-order valence-electron chi connectivity index (χ3n) is 3.26. The molecule has 2 nitrogen and oxygen atoms in total.